The van der Waals surface area contributed by atoms with Crippen molar-refractivity contribution in [3.05, 3.63) is 30.3 Å². The number of benzene rings is 1. The fourth-order valence-electron chi connectivity index (χ4n) is 1.70. The summed E-state index contributed by atoms with van der Waals surface area (Å²) in [4.78, 5) is 24.8. The van der Waals surface area contributed by atoms with E-state index in [1.54, 1.807) is 11.8 Å². The number of para-hydroxylation sites is 1. The fraction of sp³-hybridized carbons (Fsp3) is 0.429. The van der Waals surface area contributed by atoms with Crippen LogP contribution in [0.5, 0.6) is 0 Å². The predicted octanol–water partition coefficient (Wildman–Crippen LogP) is 2.18. The van der Waals surface area contributed by atoms with Gasteiger partial charge in [-0.25, -0.2) is 4.79 Å². The highest BCUT2D eigenvalue weighted by atomic mass is 16.5. The van der Waals surface area contributed by atoms with E-state index in [0.29, 0.717) is 13.2 Å². The number of nitrogens with one attached hydrogen (secondary N) is 1. The van der Waals surface area contributed by atoms with Crippen LogP contribution in [0.25, 0.3) is 0 Å². The SMILES string of the molecule is CCOC(=O)NCCC(=O)N(CC)c1ccccc1. The Labute approximate surface area is 113 Å². The monoisotopic (exact) mass is 264 g/mol. The van der Waals surface area contributed by atoms with Gasteiger partial charge in [0, 0.05) is 25.2 Å². The van der Waals surface area contributed by atoms with E-state index in [0.717, 1.165) is 5.69 Å². The van der Waals surface area contributed by atoms with Crippen molar-refractivity contribution in [2.75, 3.05) is 24.6 Å². The number of amides is 2. The Morgan fingerprint density at radius 1 is 1.21 bits per heavy atom. The molecule has 5 heteroatoms. The van der Waals surface area contributed by atoms with Crippen LogP contribution in [-0.2, 0) is 9.53 Å². The number of carbonyl (C=O) groups excluding carboxylic acids is 2. The van der Waals surface area contributed by atoms with Gasteiger partial charge in [-0.15, -0.1) is 0 Å². The third-order valence-electron chi connectivity index (χ3n) is 2.57. The summed E-state index contributed by atoms with van der Waals surface area (Å²) in [5.74, 6) is -0.0227. The maximum absolute atomic E-state index is 12.0. The molecule has 5 nitrogen and oxygen atoms in total. The van der Waals surface area contributed by atoms with Crippen LogP contribution in [0.3, 0.4) is 0 Å². The molecule has 1 rings (SSSR count). The lowest BCUT2D eigenvalue weighted by Crippen LogP contribution is -2.34. The van der Waals surface area contributed by atoms with Crippen molar-refractivity contribution in [3.8, 4) is 0 Å². The van der Waals surface area contributed by atoms with E-state index in [4.69, 9.17) is 4.74 Å². The Balaban J connectivity index is 2.45. The van der Waals surface area contributed by atoms with Crippen LogP contribution in [0.15, 0.2) is 30.3 Å². The molecule has 19 heavy (non-hydrogen) atoms. The summed E-state index contributed by atoms with van der Waals surface area (Å²) < 4.78 is 4.72. The van der Waals surface area contributed by atoms with Crippen LogP contribution >= 0.6 is 0 Å². The van der Waals surface area contributed by atoms with Gasteiger partial charge in [-0.1, -0.05) is 18.2 Å². The first-order valence-corrected chi connectivity index (χ1v) is 6.45. The van der Waals surface area contributed by atoms with E-state index < -0.39 is 6.09 Å². The van der Waals surface area contributed by atoms with Crippen molar-refractivity contribution >= 4 is 17.7 Å². The summed E-state index contributed by atoms with van der Waals surface area (Å²) in [6, 6.07) is 9.47. The van der Waals surface area contributed by atoms with Crippen LogP contribution in [0, 0.1) is 0 Å². The average molecular weight is 264 g/mol. The minimum atomic E-state index is -0.488. The number of hydrogen-bond acceptors (Lipinski definition) is 3. The van der Waals surface area contributed by atoms with Crippen LogP contribution < -0.4 is 10.2 Å². The van der Waals surface area contributed by atoms with Crippen molar-refractivity contribution < 1.29 is 14.3 Å². The Kier molecular flexibility index (Phi) is 6.43. The number of rotatable bonds is 6. The standard InChI is InChI=1S/C14H20N2O3/c1-3-16(12-8-6-5-7-9-12)13(17)10-11-15-14(18)19-4-2/h5-9H,3-4,10-11H2,1-2H3,(H,15,18). The van der Waals surface area contributed by atoms with Gasteiger partial charge in [-0.3, -0.25) is 4.79 Å². The Morgan fingerprint density at radius 3 is 2.47 bits per heavy atom. The van der Waals surface area contributed by atoms with Gasteiger partial charge < -0.3 is 15.0 Å². The third kappa shape index (κ3) is 4.99. The lowest BCUT2D eigenvalue weighted by atomic mass is 10.2. The Hall–Kier alpha value is -2.04. The second kappa shape index (κ2) is 8.13. The molecule has 0 spiro atoms. The summed E-state index contributed by atoms with van der Waals surface area (Å²) in [6.45, 7) is 4.86. The predicted molar refractivity (Wildman–Crippen MR) is 74.1 cm³/mol. The zero-order valence-corrected chi connectivity index (χ0v) is 11.4. The molecule has 0 aromatic heterocycles. The first-order valence-electron chi connectivity index (χ1n) is 6.45. The van der Waals surface area contributed by atoms with Gasteiger partial charge in [-0.2, -0.15) is 0 Å². The second-order valence-electron chi connectivity index (χ2n) is 3.87. The van der Waals surface area contributed by atoms with Gasteiger partial charge in [-0.05, 0) is 26.0 Å². The lowest BCUT2D eigenvalue weighted by Gasteiger charge is -2.21. The highest BCUT2D eigenvalue weighted by Crippen LogP contribution is 2.13. The molecule has 0 fully saturated rings. The van der Waals surface area contributed by atoms with Gasteiger partial charge in [0.15, 0.2) is 0 Å². The van der Waals surface area contributed by atoms with Crippen molar-refractivity contribution in [1.82, 2.24) is 5.32 Å². The molecule has 0 saturated heterocycles. The number of carbonyl (C=O) groups is 2. The van der Waals surface area contributed by atoms with Crippen LogP contribution in [0.4, 0.5) is 10.5 Å². The first-order chi connectivity index (χ1) is 9.19. The van der Waals surface area contributed by atoms with Crippen LogP contribution in [-0.4, -0.2) is 31.7 Å². The molecule has 2 amide bonds. The second-order valence-corrected chi connectivity index (χ2v) is 3.87. The summed E-state index contributed by atoms with van der Waals surface area (Å²) in [6.07, 6.45) is -0.236. The number of ether oxygens (including phenoxy) is 1. The van der Waals surface area contributed by atoms with E-state index in [-0.39, 0.29) is 18.9 Å². The highest BCUT2D eigenvalue weighted by molar-refractivity contribution is 5.93. The van der Waals surface area contributed by atoms with E-state index >= 15 is 0 Å². The van der Waals surface area contributed by atoms with E-state index in [2.05, 4.69) is 5.32 Å². The number of anilines is 1. The molecule has 1 aromatic carbocycles. The molecule has 104 valence electrons. The number of hydrogen-bond donors (Lipinski definition) is 1. The van der Waals surface area contributed by atoms with Crippen LogP contribution in [0.2, 0.25) is 0 Å². The largest absolute Gasteiger partial charge is 0.450 e. The molecular weight excluding hydrogens is 244 g/mol. The first kappa shape index (κ1) is 15.0. The van der Waals surface area contributed by atoms with Crippen LogP contribution in [0.1, 0.15) is 20.3 Å². The average Bonchev–Trinajstić information content (AvgIpc) is 2.41. The molecule has 0 aliphatic rings. The molecule has 0 aliphatic heterocycles. The zero-order chi connectivity index (χ0) is 14.1. The molecule has 0 heterocycles. The molecule has 0 atom stereocenters. The molecular formula is C14H20N2O3. The van der Waals surface area contributed by atoms with Crippen molar-refractivity contribution in [2.45, 2.75) is 20.3 Å². The summed E-state index contributed by atoms with van der Waals surface area (Å²) in [7, 11) is 0. The van der Waals surface area contributed by atoms with Gasteiger partial charge in [0.25, 0.3) is 0 Å². The quantitative estimate of drug-likeness (QED) is 0.856. The topological polar surface area (TPSA) is 58.6 Å². The van der Waals surface area contributed by atoms with E-state index in [1.807, 2.05) is 37.3 Å². The Bertz CT molecular complexity index is 406. The van der Waals surface area contributed by atoms with E-state index in [1.165, 1.54) is 0 Å². The van der Waals surface area contributed by atoms with Crippen molar-refractivity contribution in [1.29, 1.82) is 0 Å². The molecule has 1 N–H and O–H groups in total. The molecule has 0 radical (unpaired) electrons. The third-order valence-corrected chi connectivity index (χ3v) is 2.57. The smallest absolute Gasteiger partial charge is 0.407 e. The minimum Gasteiger partial charge on any atom is -0.450 e. The number of alkyl carbamates (subject to hydrolysis) is 1. The van der Waals surface area contributed by atoms with Gasteiger partial charge in [0.05, 0.1) is 6.61 Å². The molecule has 0 unspecified atom stereocenters. The van der Waals surface area contributed by atoms with Crippen molar-refractivity contribution in [2.24, 2.45) is 0 Å². The van der Waals surface area contributed by atoms with Gasteiger partial charge in [0.2, 0.25) is 5.91 Å². The zero-order valence-electron chi connectivity index (χ0n) is 11.4. The molecule has 1 aromatic rings. The number of nitrogens with zero attached hydrogens (tertiary/aromatic N) is 1. The van der Waals surface area contributed by atoms with Gasteiger partial charge >= 0.3 is 6.09 Å². The Morgan fingerprint density at radius 2 is 1.89 bits per heavy atom. The van der Waals surface area contributed by atoms with E-state index in [9.17, 15) is 9.59 Å². The summed E-state index contributed by atoms with van der Waals surface area (Å²) in [5.41, 5.74) is 0.867. The minimum absolute atomic E-state index is 0.0227. The molecule has 0 saturated carbocycles. The maximum atomic E-state index is 12.0. The fourth-order valence-corrected chi connectivity index (χ4v) is 1.70. The van der Waals surface area contributed by atoms with Crippen molar-refractivity contribution in [3.63, 3.8) is 0 Å². The molecule has 0 aliphatic carbocycles. The normalized spacial score (nSPS) is 9.79. The summed E-state index contributed by atoms with van der Waals surface area (Å²) in [5, 5.41) is 2.54. The lowest BCUT2D eigenvalue weighted by molar-refractivity contribution is -0.118. The maximum Gasteiger partial charge on any atom is 0.407 e. The summed E-state index contributed by atoms with van der Waals surface area (Å²) >= 11 is 0. The van der Waals surface area contributed by atoms with Gasteiger partial charge in [0.1, 0.15) is 0 Å². The highest BCUT2D eigenvalue weighted by Gasteiger charge is 2.13. The molecule has 0 bridgehead atoms.